The van der Waals surface area contributed by atoms with Gasteiger partial charge in [0.05, 0.1) is 11.2 Å². The molecule has 0 spiro atoms. The van der Waals surface area contributed by atoms with Crippen molar-refractivity contribution in [3.05, 3.63) is 77.2 Å². The first-order valence-electron chi connectivity index (χ1n) is 12.1. The summed E-state index contributed by atoms with van der Waals surface area (Å²) in [5, 5.41) is 19.3. The molecule has 2 amide bonds. The number of aliphatic hydroxyl groups is 1. The summed E-state index contributed by atoms with van der Waals surface area (Å²) in [6, 6.07) is 11.7. The summed E-state index contributed by atoms with van der Waals surface area (Å²) in [7, 11) is 0. The molecule has 2 atom stereocenters. The van der Waals surface area contributed by atoms with Crippen molar-refractivity contribution in [1.82, 2.24) is 25.0 Å². The van der Waals surface area contributed by atoms with E-state index < -0.39 is 17.1 Å². The predicted molar refractivity (Wildman–Crippen MR) is 138 cm³/mol. The van der Waals surface area contributed by atoms with E-state index in [9.17, 15) is 14.7 Å². The van der Waals surface area contributed by atoms with Gasteiger partial charge in [0.15, 0.2) is 5.82 Å². The highest BCUT2D eigenvalue weighted by Crippen LogP contribution is 2.46. The molecule has 3 aromatic rings. The Morgan fingerprint density at radius 3 is 2.42 bits per heavy atom. The number of piperidine rings is 1. The monoisotopic (exact) mass is 509 g/mol. The van der Waals surface area contributed by atoms with Crippen molar-refractivity contribution in [3.63, 3.8) is 0 Å². The van der Waals surface area contributed by atoms with Crippen LogP contribution in [0.15, 0.2) is 61.1 Å². The lowest BCUT2D eigenvalue weighted by atomic mass is 9.66. The smallest absolute Gasteiger partial charge is 0.253 e. The molecule has 2 aromatic heterocycles. The average molecular weight is 510 g/mol. The maximum atomic E-state index is 13.6. The number of amides is 2. The van der Waals surface area contributed by atoms with E-state index in [1.165, 1.54) is 6.20 Å². The Balaban J connectivity index is 1.47. The van der Waals surface area contributed by atoms with Crippen molar-refractivity contribution in [2.75, 3.05) is 13.1 Å². The third kappa shape index (κ3) is 5.01. The number of nitrogens with one attached hydrogen (secondary N) is 1. The number of benzene rings is 1. The summed E-state index contributed by atoms with van der Waals surface area (Å²) in [6.07, 6.45) is 5.28. The van der Waals surface area contributed by atoms with E-state index in [-0.39, 0.29) is 17.7 Å². The van der Waals surface area contributed by atoms with E-state index in [2.05, 4.69) is 15.4 Å². The van der Waals surface area contributed by atoms with Crippen LogP contribution in [-0.2, 0) is 10.4 Å². The molecule has 2 N–H and O–H groups in total. The normalized spacial score (nSPS) is 20.2. The molecule has 1 aliphatic rings. The number of rotatable bonds is 6. The molecule has 3 heterocycles. The fraction of sp³-hybridized carbons (Fsp3) is 0.407. The molecule has 0 bridgehead atoms. The highest BCUT2D eigenvalue weighted by molar-refractivity contribution is 6.30. The Hall–Kier alpha value is -3.23. The van der Waals surface area contributed by atoms with Crippen molar-refractivity contribution in [1.29, 1.82) is 0 Å². The van der Waals surface area contributed by atoms with Crippen molar-refractivity contribution < 1.29 is 14.7 Å². The van der Waals surface area contributed by atoms with Crippen LogP contribution in [0.2, 0.25) is 5.02 Å². The third-order valence-corrected chi connectivity index (χ3v) is 7.30. The summed E-state index contributed by atoms with van der Waals surface area (Å²) < 4.78 is 1.60. The number of carbonyl (C=O) groups is 2. The van der Waals surface area contributed by atoms with E-state index >= 15 is 0 Å². The van der Waals surface area contributed by atoms with E-state index in [1.807, 2.05) is 39.8 Å². The standard InChI is InChI=1S/C27H32ClN5O3/c1-18(2)23(31-24(34)19-6-11-22(29-16-19)33-14-5-13-30-33)25(35)32-15-12-27(36,26(3,4)17-32)20-7-9-21(28)10-8-20/h5-11,13-14,16,18,23,36H,12,15,17H2,1-4H3,(H,31,34)/t23-,27+/m1/s1. The first-order chi connectivity index (χ1) is 17.0. The molecule has 0 aliphatic carbocycles. The van der Waals surface area contributed by atoms with E-state index in [0.717, 1.165) is 5.56 Å². The molecule has 0 radical (unpaired) electrons. The molecule has 1 aliphatic heterocycles. The zero-order valence-corrected chi connectivity index (χ0v) is 21.7. The van der Waals surface area contributed by atoms with Gasteiger partial charge in [-0.3, -0.25) is 9.59 Å². The lowest BCUT2D eigenvalue weighted by Crippen LogP contribution is -2.60. The Bertz CT molecular complexity index is 1210. The van der Waals surface area contributed by atoms with Crippen LogP contribution < -0.4 is 5.32 Å². The van der Waals surface area contributed by atoms with Crippen molar-refractivity contribution in [2.24, 2.45) is 11.3 Å². The van der Waals surface area contributed by atoms with Gasteiger partial charge in [0.25, 0.3) is 5.91 Å². The largest absolute Gasteiger partial charge is 0.384 e. The molecule has 1 saturated heterocycles. The molecule has 9 heteroatoms. The number of carbonyl (C=O) groups excluding carboxylic acids is 2. The van der Waals surface area contributed by atoms with Gasteiger partial charge >= 0.3 is 0 Å². The second-order valence-corrected chi connectivity index (χ2v) is 10.7. The van der Waals surface area contributed by atoms with Gasteiger partial charge in [-0.15, -0.1) is 0 Å². The van der Waals surface area contributed by atoms with Gasteiger partial charge in [-0.1, -0.05) is 51.4 Å². The SMILES string of the molecule is CC(C)[C@@H](NC(=O)c1ccc(-n2cccn2)nc1)C(=O)N1CC[C@](O)(c2ccc(Cl)cc2)C(C)(C)C1. The minimum atomic E-state index is -1.10. The summed E-state index contributed by atoms with van der Waals surface area (Å²) in [4.78, 5) is 32.6. The van der Waals surface area contributed by atoms with Crippen LogP contribution in [0.3, 0.4) is 0 Å². The number of nitrogens with zero attached hydrogens (tertiary/aromatic N) is 4. The Labute approximate surface area is 216 Å². The summed E-state index contributed by atoms with van der Waals surface area (Å²) in [5.74, 6) is -0.0593. The molecule has 1 fully saturated rings. The van der Waals surface area contributed by atoms with Crippen LogP contribution in [0, 0.1) is 11.3 Å². The highest BCUT2D eigenvalue weighted by Gasteiger charge is 2.50. The van der Waals surface area contributed by atoms with E-state index in [1.54, 1.807) is 52.3 Å². The number of pyridine rings is 1. The first kappa shape index (κ1) is 25.9. The van der Waals surface area contributed by atoms with Gasteiger partial charge < -0.3 is 15.3 Å². The van der Waals surface area contributed by atoms with Crippen LogP contribution in [-0.4, -0.2) is 55.7 Å². The molecule has 8 nitrogen and oxygen atoms in total. The molecular weight excluding hydrogens is 478 g/mol. The highest BCUT2D eigenvalue weighted by atomic mass is 35.5. The third-order valence-electron chi connectivity index (χ3n) is 7.05. The summed E-state index contributed by atoms with van der Waals surface area (Å²) in [6.45, 7) is 8.44. The predicted octanol–water partition coefficient (Wildman–Crippen LogP) is 3.82. The number of halogens is 1. The van der Waals surface area contributed by atoms with Crippen molar-refractivity contribution in [3.8, 4) is 5.82 Å². The van der Waals surface area contributed by atoms with Gasteiger partial charge in [-0.05, 0) is 48.2 Å². The molecule has 190 valence electrons. The Morgan fingerprint density at radius 1 is 1.14 bits per heavy atom. The maximum Gasteiger partial charge on any atom is 0.253 e. The molecule has 1 aromatic carbocycles. The zero-order chi connectivity index (χ0) is 26.1. The lowest BCUT2D eigenvalue weighted by molar-refractivity contribution is -0.155. The Morgan fingerprint density at radius 2 is 1.86 bits per heavy atom. The number of likely N-dealkylation sites (tertiary alicyclic amines) is 1. The first-order valence-corrected chi connectivity index (χ1v) is 12.4. The lowest BCUT2D eigenvalue weighted by Gasteiger charge is -2.51. The Kier molecular flexibility index (Phi) is 7.20. The number of hydrogen-bond acceptors (Lipinski definition) is 5. The van der Waals surface area contributed by atoms with Gasteiger partial charge in [-0.25, -0.2) is 9.67 Å². The summed E-state index contributed by atoms with van der Waals surface area (Å²) in [5.41, 5.74) is -0.580. The van der Waals surface area contributed by atoms with E-state index in [0.29, 0.717) is 35.9 Å². The second kappa shape index (κ2) is 10.0. The molecule has 0 unspecified atom stereocenters. The minimum Gasteiger partial charge on any atom is -0.384 e. The van der Waals surface area contributed by atoms with Crippen molar-refractivity contribution >= 4 is 23.4 Å². The van der Waals surface area contributed by atoms with Crippen LogP contribution in [0.4, 0.5) is 0 Å². The topological polar surface area (TPSA) is 100 Å². The molecule has 36 heavy (non-hydrogen) atoms. The molecule has 4 rings (SSSR count). The molecular formula is C27H32ClN5O3. The van der Waals surface area contributed by atoms with Gasteiger partial charge in [0, 0.05) is 42.1 Å². The minimum absolute atomic E-state index is 0.127. The van der Waals surface area contributed by atoms with Crippen LogP contribution in [0.5, 0.6) is 0 Å². The fourth-order valence-electron chi connectivity index (χ4n) is 4.77. The zero-order valence-electron chi connectivity index (χ0n) is 21.0. The summed E-state index contributed by atoms with van der Waals surface area (Å²) >= 11 is 6.04. The van der Waals surface area contributed by atoms with E-state index in [4.69, 9.17) is 11.6 Å². The van der Waals surface area contributed by atoms with Crippen LogP contribution in [0.25, 0.3) is 5.82 Å². The van der Waals surface area contributed by atoms with Crippen molar-refractivity contribution in [2.45, 2.75) is 45.8 Å². The van der Waals surface area contributed by atoms with Gasteiger partial charge in [0.2, 0.25) is 5.91 Å². The fourth-order valence-corrected chi connectivity index (χ4v) is 4.89. The van der Waals surface area contributed by atoms with Crippen LogP contribution >= 0.6 is 11.6 Å². The maximum absolute atomic E-state index is 13.6. The van der Waals surface area contributed by atoms with Crippen LogP contribution in [0.1, 0.15) is 50.0 Å². The molecule has 0 saturated carbocycles. The van der Waals surface area contributed by atoms with Gasteiger partial charge in [0.1, 0.15) is 6.04 Å². The second-order valence-electron chi connectivity index (χ2n) is 10.3. The number of aromatic nitrogens is 3. The number of hydrogen-bond donors (Lipinski definition) is 2. The average Bonchev–Trinajstić information content (AvgIpc) is 3.39. The van der Waals surface area contributed by atoms with Gasteiger partial charge in [-0.2, -0.15) is 5.10 Å². The quantitative estimate of drug-likeness (QED) is 0.526.